The summed E-state index contributed by atoms with van der Waals surface area (Å²) in [6.45, 7) is 1.09. The highest BCUT2D eigenvalue weighted by atomic mass is 35.5. The third-order valence-corrected chi connectivity index (χ3v) is 3.78. The molecule has 7 heteroatoms. The lowest BCUT2D eigenvalue weighted by Crippen LogP contribution is -2.22. The van der Waals surface area contributed by atoms with E-state index in [4.69, 9.17) is 21.4 Å². The molecule has 0 bridgehead atoms. The van der Waals surface area contributed by atoms with Crippen molar-refractivity contribution in [3.8, 4) is 0 Å². The zero-order chi connectivity index (χ0) is 18.4. The number of ether oxygens (including phenoxy) is 1. The number of carbonyl (C=O) groups is 1. The highest BCUT2D eigenvalue weighted by Crippen LogP contribution is 2.30. The lowest BCUT2D eigenvalue weighted by Gasteiger charge is -2.15. The Labute approximate surface area is 150 Å². The molecule has 25 heavy (non-hydrogen) atoms. The normalized spacial score (nSPS) is 11.9. The molecule has 2 aromatic carbocycles. The van der Waals surface area contributed by atoms with Gasteiger partial charge >= 0.3 is 5.97 Å². The first-order chi connectivity index (χ1) is 11.9. The van der Waals surface area contributed by atoms with Crippen LogP contribution in [0.1, 0.15) is 11.1 Å². The Balaban J connectivity index is 2.18. The van der Waals surface area contributed by atoms with Crippen molar-refractivity contribution >= 4 is 28.9 Å². The molecule has 0 fully saturated rings. The van der Waals surface area contributed by atoms with Gasteiger partial charge in [0.1, 0.15) is 18.5 Å². The molecule has 1 unspecified atom stereocenters. The van der Waals surface area contributed by atoms with Crippen LogP contribution in [0.15, 0.2) is 36.4 Å². The maximum atomic E-state index is 14.0. The van der Waals surface area contributed by atoms with Crippen LogP contribution < -0.4 is 5.32 Å². The number of halogens is 2. The van der Waals surface area contributed by atoms with Gasteiger partial charge in [-0.2, -0.15) is 0 Å². The summed E-state index contributed by atoms with van der Waals surface area (Å²) in [5.41, 5.74) is 2.17. The first-order valence-corrected chi connectivity index (χ1v) is 8.03. The fourth-order valence-corrected chi connectivity index (χ4v) is 2.40. The van der Waals surface area contributed by atoms with Crippen LogP contribution in [-0.2, 0) is 16.0 Å². The van der Waals surface area contributed by atoms with Crippen LogP contribution in [0.5, 0.6) is 0 Å². The van der Waals surface area contributed by atoms with Crippen LogP contribution in [0.25, 0.3) is 0 Å². The van der Waals surface area contributed by atoms with Crippen LogP contribution >= 0.6 is 11.6 Å². The summed E-state index contributed by atoms with van der Waals surface area (Å²) in [4.78, 5) is 11.9. The van der Waals surface area contributed by atoms with Crippen molar-refractivity contribution in [1.29, 1.82) is 0 Å². The van der Waals surface area contributed by atoms with E-state index >= 15 is 0 Å². The number of para-hydroxylation sites is 1. The van der Waals surface area contributed by atoms with Crippen LogP contribution in [0.4, 0.5) is 15.8 Å². The van der Waals surface area contributed by atoms with E-state index in [-0.39, 0.29) is 23.7 Å². The molecule has 0 saturated heterocycles. The maximum Gasteiger partial charge on any atom is 0.310 e. The Bertz CT molecular complexity index is 734. The Morgan fingerprint density at radius 1 is 1.36 bits per heavy atom. The van der Waals surface area contributed by atoms with Crippen LogP contribution in [0, 0.1) is 12.7 Å². The van der Waals surface area contributed by atoms with Gasteiger partial charge < -0.3 is 20.3 Å². The van der Waals surface area contributed by atoms with Gasteiger partial charge in [0, 0.05) is 5.69 Å². The predicted molar refractivity (Wildman–Crippen MR) is 93.6 cm³/mol. The number of hydrogen-bond acceptors (Lipinski definition) is 5. The molecule has 134 valence electrons. The smallest absolute Gasteiger partial charge is 0.310 e. The first kappa shape index (κ1) is 19.2. The first-order valence-electron chi connectivity index (χ1n) is 7.65. The monoisotopic (exact) mass is 367 g/mol. The molecule has 3 N–H and O–H groups in total. The highest BCUT2D eigenvalue weighted by Gasteiger charge is 2.14. The van der Waals surface area contributed by atoms with Gasteiger partial charge in [0.2, 0.25) is 0 Å². The number of esters is 1. The standard InChI is InChI=1S/C18H19ClFNO4/c1-11-5-6-16(21-18-14(19)3-2-4-15(18)20)12(7-11)8-17(24)25-10-13(23)9-22/h2-7,13,21-23H,8-10H2,1H3. The Kier molecular flexibility index (Phi) is 6.75. The Morgan fingerprint density at radius 2 is 2.12 bits per heavy atom. The van der Waals surface area contributed by atoms with Gasteiger partial charge in [-0.05, 0) is 30.7 Å². The van der Waals surface area contributed by atoms with Gasteiger partial charge in [-0.3, -0.25) is 4.79 Å². The molecule has 0 heterocycles. The topological polar surface area (TPSA) is 78.8 Å². The number of rotatable bonds is 7. The molecular weight excluding hydrogens is 349 g/mol. The molecule has 0 aliphatic rings. The average molecular weight is 368 g/mol. The van der Waals surface area contributed by atoms with Gasteiger partial charge in [-0.1, -0.05) is 35.4 Å². The quantitative estimate of drug-likeness (QED) is 0.656. The molecule has 2 rings (SSSR count). The van der Waals surface area contributed by atoms with E-state index in [1.165, 1.54) is 12.1 Å². The maximum absolute atomic E-state index is 14.0. The molecule has 1 atom stereocenters. The predicted octanol–water partition coefficient (Wildman–Crippen LogP) is 2.97. The summed E-state index contributed by atoms with van der Waals surface area (Å²) in [6.07, 6.45) is -1.19. The zero-order valence-electron chi connectivity index (χ0n) is 13.6. The molecule has 0 amide bonds. The number of nitrogens with one attached hydrogen (secondary N) is 1. The van der Waals surface area contributed by atoms with Crippen LogP contribution in [-0.4, -0.2) is 35.5 Å². The molecule has 0 aliphatic heterocycles. The van der Waals surface area contributed by atoms with E-state index in [1.54, 1.807) is 18.2 Å². The number of hydrogen-bond donors (Lipinski definition) is 3. The van der Waals surface area contributed by atoms with E-state index in [2.05, 4.69) is 5.32 Å². The number of aliphatic hydroxyl groups excluding tert-OH is 2. The Morgan fingerprint density at radius 3 is 2.80 bits per heavy atom. The van der Waals surface area contributed by atoms with Gasteiger partial charge in [0.15, 0.2) is 0 Å². The van der Waals surface area contributed by atoms with Crippen molar-refractivity contribution in [1.82, 2.24) is 0 Å². The van der Waals surface area contributed by atoms with E-state index in [9.17, 15) is 14.3 Å². The second kappa shape index (κ2) is 8.80. The third kappa shape index (κ3) is 5.42. The van der Waals surface area contributed by atoms with Gasteiger partial charge in [-0.15, -0.1) is 0 Å². The SMILES string of the molecule is Cc1ccc(Nc2c(F)cccc2Cl)c(CC(=O)OCC(O)CO)c1. The van der Waals surface area contributed by atoms with Crippen LogP contribution in [0.3, 0.4) is 0 Å². The number of aliphatic hydroxyl groups is 2. The van der Waals surface area contributed by atoms with Crippen molar-refractivity contribution in [3.63, 3.8) is 0 Å². The fraction of sp³-hybridized carbons (Fsp3) is 0.278. The van der Waals surface area contributed by atoms with E-state index in [0.717, 1.165) is 5.56 Å². The highest BCUT2D eigenvalue weighted by molar-refractivity contribution is 6.33. The average Bonchev–Trinajstić information content (AvgIpc) is 2.57. The van der Waals surface area contributed by atoms with E-state index in [1.807, 2.05) is 13.0 Å². The van der Waals surface area contributed by atoms with Crippen molar-refractivity contribution in [2.75, 3.05) is 18.5 Å². The molecule has 0 aliphatic carbocycles. The van der Waals surface area contributed by atoms with E-state index in [0.29, 0.717) is 11.3 Å². The second-order valence-electron chi connectivity index (χ2n) is 5.58. The second-order valence-corrected chi connectivity index (χ2v) is 5.99. The summed E-state index contributed by atoms with van der Waals surface area (Å²) in [7, 11) is 0. The van der Waals surface area contributed by atoms with E-state index < -0.39 is 24.5 Å². The van der Waals surface area contributed by atoms with Crippen molar-refractivity contribution in [2.24, 2.45) is 0 Å². The molecule has 2 aromatic rings. The minimum absolute atomic E-state index is 0.0752. The van der Waals surface area contributed by atoms with Gasteiger partial charge in [0.05, 0.1) is 23.7 Å². The van der Waals surface area contributed by atoms with Crippen LogP contribution in [0.2, 0.25) is 5.02 Å². The van der Waals surface area contributed by atoms with Gasteiger partial charge in [0.25, 0.3) is 0 Å². The summed E-state index contributed by atoms with van der Waals surface area (Å²) in [6, 6.07) is 9.67. The zero-order valence-corrected chi connectivity index (χ0v) is 14.4. The lowest BCUT2D eigenvalue weighted by atomic mass is 10.1. The summed E-state index contributed by atoms with van der Waals surface area (Å²) >= 11 is 6.02. The molecule has 5 nitrogen and oxygen atoms in total. The molecule has 0 aromatic heterocycles. The number of benzene rings is 2. The molecular formula is C18H19ClFNO4. The largest absolute Gasteiger partial charge is 0.463 e. The summed E-state index contributed by atoms with van der Waals surface area (Å²) in [5, 5.41) is 21.1. The summed E-state index contributed by atoms with van der Waals surface area (Å²) < 4.78 is 18.9. The van der Waals surface area contributed by atoms with Crippen molar-refractivity contribution in [3.05, 3.63) is 58.4 Å². The van der Waals surface area contributed by atoms with Crippen molar-refractivity contribution < 1.29 is 24.1 Å². The molecule has 0 spiro atoms. The Hall–Kier alpha value is -2.15. The number of carbonyl (C=O) groups excluding carboxylic acids is 1. The molecule has 0 radical (unpaired) electrons. The van der Waals surface area contributed by atoms with Crippen molar-refractivity contribution in [2.45, 2.75) is 19.4 Å². The molecule has 0 saturated carbocycles. The number of anilines is 2. The fourth-order valence-electron chi connectivity index (χ4n) is 2.19. The summed E-state index contributed by atoms with van der Waals surface area (Å²) in [5.74, 6) is -1.08. The minimum atomic E-state index is -1.11. The van der Waals surface area contributed by atoms with Gasteiger partial charge in [-0.25, -0.2) is 4.39 Å². The third-order valence-electron chi connectivity index (χ3n) is 3.47. The minimum Gasteiger partial charge on any atom is -0.463 e. The lowest BCUT2D eigenvalue weighted by molar-refractivity contribution is -0.146. The number of aryl methyl sites for hydroxylation is 1.